The molecule has 0 N–H and O–H groups in total. The largest absolute Gasteiger partial charge is 0.356 e. The SMILES string of the molecule is Fc1ccc2c(CCCCCl)noc2c1. The number of fused-ring (bicyclic) bond motifs is 1. The van der Waals surface area contributed by atoms with Gasteiger partial charge in [-0.25, -0.2) is 4.39 Å². The monoisotopic (exact) mass is 227 g/mol. The van der Waals surface area contributed by atoms with Crippen LogP contribution in [0.3, 0.4) is 0 Å². The zero-order chi connectivity index (χ0) is 10.7. The highest BCUT2D eigenvalue weighted by molar-refractivity contribution is 6.17. The van der Waals surface area contributed by atoms with Crippen LogP contribution in [0.5, 0.6) is 0 Å². The van der Waals surface area contributed by atoms with E-state index in [2.05, 4.69) is 5.16 Å². The van der Waals surface area contributed by atoms with Crippen LogP contribution in [0.4, 0.5) is 4.39 Å². The lowest BCUT2D eigenvalue weighted by Crippen LogP contribution is -1.87. The molecule has 2 rings (SSSR count). The van der Waals surface area contributed by atoms with Crippen molar-refractivity contribution in [3.8, 4) is 0 Å². The molecule has 2 aromatic rings. The van der Waals surface area contributed by atoms with Crippen LogP contribution in [0, 0.1) is 5.82 Å². The summed E-state index contributed by atoms with van der Waals surface area (Å²) in [7, 11) is 0. The average Bonchev–Trinajstić information content (AvgIpc) is 2.61. The van der Waals surface area contributed by atoms with Gasteiger partial charge in [0.15, 0.2) is 5.58 Å². The molecule has 0 saturated heterocycles. The molecule has 15 heavy (non-hydrogen) atoms. The molecule has 0 saturated carbocycles. The number of aromatic nitrogens is 1. The number of nitrogens with zero attached hydrogens (tertiary/aromatic N) is 1. The fourth-order valence-electron chi connectivity index (χ4n) is 1.53. The Morgan fingerprint density at radius 1 is 1.33 bits per heavy atom. The summed E-state index contributed by atoms with van der Waals surface area (Å²) in [5.41, 5.74) is 1.39. The van der Waals surface area contributed by atoms with Crippen LogP contribution in [0.2, 0.25) is 0 Å². The smallest absolute Gasteiger partial charge is 0.170 e. The van der Waals surface area contributed by atoms with Crippen molar-refractivity contribution in [2.45, 2.75) is 19.3 Å². The Labute approximate surface area is 92.0 Å². The zero-order valence-electron chi connectivity index (χ0n) is 8.17. The molecule has 0 radical (unpaired) electrons. The minimum absolute atomic E-state index is 0.300. The summed E-state index contributed by atoms with van der Waals surface area (Å²) in [5, 5.41) is 4.82. The lowest BCUT2D eigenvalue weighted by Gasteiger charge is -1.94. The van der Waals surface area contributed by atoms with E-state index in [0.29, 0.717) is 11.5 Å². The fourth-order valence-corrected chi connectivity index (χ4v) is 1.72. The number of alkyl halides is 1. The van der Waals surface area contributed by atoms with Gasteiger partial charge >= 0.3 is 0 Å². The van der Waals surface area contributed by atoms with E-state index in [1.54, 1.807) is 6.07 Å². The molecule has 4 heteroatoms. The Morgan fingerprint density at radius 3 is 3.00 bits per heavy atom. The van der Waals surface area contributed by atoms with Gasteiger partial charge in [-0.05, 0) is 31.4 Å². The molecule has 0 fully saturated rings. The molecule has 0 aliphatic heterocycles. The maximum Gasteiger partial charge on any atom is 0.170 e. The maximum absolute atomic E-state index is 12.8. The van der Waals surface area contributed by atoms with Gasteiger partial charge in [0.25, 0.3) is 0 Å². The van der Waals surface area contributed by atoms with Crippen molar-refractivity contribution in [1.29, 1.82) is 0 Å². The lowest BCUT2D eigenvalue weighted by molar-refractivity contribution is 0.443. The van der Waals surface area contributed by atoms with Gasteiger partial charge in [-0.1, -0.05) is 5.16 Å². The molecule has 0 aliphatic carbocycles. The van der Waals surface area contributed by atoms with Crippen molar-refractivity contribution in [2.75, 3.05) is 5.88 Å². The molecule has 1 aromatic carbocycles. The highest BCUT2D eigenvalue weighted by Crippen LogP contribution is 2.20. The first kappa shape index (κ1) is 10.4. The predicted octanol–water partition coefficient (Wildman–Crippen LogP) is 3.53. The van der Waals surface area contributed by atoms with Gasteiger partial charge in [-0.15, -0.1) is 11.6 Å². The molecule has 1 heterocycles. The Morgan fingerprint density at radius 2 is 2.20 bits per heavy atom. The number of hydrogen-bond acceptors (Lipinski definition) is 2. The van der Waals surface area contributed by atoms with Crippen LogP contribution >= 0.6 is 11.6 Å². The second kappa shape index (κ2) is 4.62. The molecule has 0 spiro atoms. The molecule has 1 aromatic heterocycles. The third-order valence-corrected chi connectivity index (χ3v) is 2.57. The molecule has 2 nitrogen and oxygen atoms in total. The highest BCUT2D eigenvalue weighted by Gasteiger charge is 2.08. The third-order valence-electron chi connectivity index (χ3n) is 2.31. The normalized spacial score (nSPS) is 11.1. The second-order valence-electron chi connectivity index (χ2n) is 3.42. The molecule has 0 bridgehead atoms. The molecule has 0 atom stereocenters. The fraction of sp³-hybridized carbons (Fsp3) is 0.364. The van der Waals surface area contributed by atoms with E-state index < -0.39 is 0 Å². The summed E-state index contributed by atoms with van der Waals surface area (Å²) in [6.45, 7) is 0. The van der Waals surface area contributed by atoms with E-state index in [-0.39, 0.29) is 5.82 Å². The Bertz CT molecular complexity index is 455. The van der Waals surface area contributed by atoms with Crippen molar-refractivity contribution < 1.29 is 8.91 Å². The van der Waals surface area contributed by atoms with Crippen molar-refractivity contribution >= 4 is 22.6 Å². The van der Waals surface area contributed by atoms with Crippen LogP contribution in [0.1, 0.15) is 18.5 Å². The van der Waals surface area contributed by atoms with Crippen LogP contribution < -0.4 is 0 Å². The highest BCUT2D eigenvalue weighted by atomic mass is 35.5. The number of hydrogen-bond donors (Lipinski definition) is 0. The lowest BCUT2D eigenvalue weighted by atomic mass is 10.1. The first-order valence-electron chi connectivity index (χ1n) is 4.91. The molecular weight excluding hydrogens is 217 g/mol. The van der Waals surface area contributed by atoms with Gasteiger partial charge in [0, 0.05) is 17.3 Å². The topological polar surface area (TPSA) is 26.0 Å². The summed E-state index contributed by atoms with van der Waals surface area (Å²) in [4.78, 5) is 0. The Kier molecular flexibility index (Phi) is 3.21. The van der Waals surface area contributed by atoms with E-state index in [9.17, 15) is 4.39 Å². The zero-order valence-corrected chi connectivity index (χ0v) is 8.93. The molecule has 0 aliphatic rings. The number of rotatable bonds is 4. The van der Waals surface area contributed by atoms with Gasteiger partial charge in [0.1, 0.15) is 5.82 Å². The van der Waals surface area contributed by atoms with Crippen LogP contribution in [-0.4, -0.2) is 11.0 Å². The van der Waals surface area contributed by atoms with Gasteiger partial charge < -0.3 is 4.52 Å². The second-order valence-corrected chi connectivity index (χ2v) is 3.79. The minimum atomic E-state index is -0.300. The summed E-state index contributed by atoms with van der Waals surface area (Å²) in [6, 6.07) is 4.48. The van der Waals surface area contributed by atoms with Crippen LogP contribution in [0.15, 0.2) is 22.7 Å². The summed E-state index contributed by atoms with van der Waals surface area (Å²) in [6.07, 6.45) is 2.75. The summed E-state index contributed by atoms with van der Waals surface area (Å²) < 4.78 is 17.9. The van der Waals surface area contributed by atoms with Gasteiger partial charge in [0.05, 0.1) is 5.69 Å². The average molecular weight is 228 g/mol. The number of halogens is 2. The van der Waals surface area contributed by atoms with Crippen molar-refractivity contribution in [3.05, 3.63) is 29.7 Å². The van der Waals surface area contributed by atoms with Gasteiger partial charge in [0.2, 0.25) is 0 Å². The molecular formula is C11H11ClFNO. The van der Waals surface area contributed by atoms with Crippen LogP contribution in [0.25, 0.3) is 11.0 Å². The number of aryl methyl sites for hydroxylation is 1. The number of benzene rings is 1. The third kappa shape index (κ3) is 2.29. The first-order valence-corrected chi connectivity index (χ1v) is 5.44. The van der Waals surface area contributed by atoms with Crippen molar-refractivity contribution in [3.63, 3.8) is 0 Å². The summed E-state index contributed by atoms with van der Waals surface area (Å²) in [5.74, 6) is 0.357. The summed E-state index contributed by atoms with van der Waals surface area (Å²) >= 11 is 5.59. The van der Waals surface area contributed by atoms with E-state index >= 15 is 0 Å². The predicted molar refractivity (Wildman–Crippen MR) is 57.6 cm³/mol. The molecule has 80 valence electrons. The van der Waals surface area contributed by atoms with E-state index in [0.717, 1.165) is 30.3 Å². The minimum Gasteiger partial charge on any atom is -0.356 e. The molecule has 0 unspecified atom stereocenters. The van der Waals surface area contributed by atoms with Gasteiger partial charge in [-0.2, -0.15) is 0 Å². The Balaban J connectivity index is 2.21. The van der Waals surface area contributed by atoms with Crippen LogP contribution in [-0.2, 0) is 6.42 Å². The van der Waals surface area contributed by atoms with E-state index in [1.165, 1.54) is 12.1 Å². The molecule has 0 amide bonds. The quantitative estimate of drug-likeness (QED) is 0.590. The van der Waals surface area contributed by atoms with Crippen molar-refractivity contribution in [1.82, 2.24) is 5.16 Å². The Hall–Kier alpha value is -1.09. The van der Waals surface area contributed by atoms with Crippen molar-refractivity contribution in [2.24, 2.45) is 0 Å². The van der Waals surface area contributed by atoms with E-state index in [4.69, 9.17) is 16.1 Å². The van der Waals surface area contributed by atoms with Gasteiger partial charge in [-0.3, -0.25) is 0 Å². The van der Waals surface area contributed by atoms with E-state index in [1.807, 2.05) is 0 Å². The number of unbranched alkanes of at least 4 members (excludes halogenated alkanes) is 1. The standard InChI is InChI=1S/C11H11ClFNO/c12-6-2-1-3-10-9-5-4-8(13)7-11(9)15-14-10/h4-5,7H,1-3,6H2. The maximum atomic E-state index is 12.8. The first-order chi connectivity index (χ1) is 7.31.